The van der Waals surface area contributed by atoms with Crippen LogP contribution in [-0.2, 0) is 4.79 Å². The fourth-order valence-corrected chi connectivity index (χ4v) is 2.75. The molecule has 7 heteroatoms. The lowest BCUT2D eigenvalue weighted by Gasteiger charge is -2.27. The number of benzene rings is 1. The second kappa shape index (κ2) is 6.89. The first kappa shape index (κ1) is 15.8. The van der Waals surface area contributed by atoms with Gasteiger partial charge in [-0.25, -0.2) is 14.0 Å². The van der Waals surface area contributed by atoms with Crippen molar-refractivity contribution in [3.63, 3.8) is 0 Å². The molecule has 1 aliphatic heterocycles. The molecule has 2 amide bonds. The predicted octanol–water partition coefficient (Wildman–Crippen LogP) is 3.45. The summed E-state index contributed by atoms with van der Waals surface area (Å²) in [5.74, 6) is -1.59. The number of carboxylic acids is 1. The number of carbonyl (C=O) groups is 2. The molecule has 1 unspecified atom stereocenters. The zero-order valence-corrected chi connectivity index (χ0v) is 12.9. The monoisotopic (exact) mass is 358 g/mol. The number of rotatable bonds is 2. The fraction of sp³-hybridized carbons (Fsp3) is 0.429. The molecule has 5 nitrogen and oxygen atoms in total. The second-order valence-corrected chi connectivity index (χ2v) is 5.87. The van der Waals surface area contributed by atoms with Crippen LogP contribution in [0.1, 0.15) is 25.7 Å². The van der Waals surface area contributed by atoms with Crippen molar-refractivity contribution in [3.05, 3.63) is 28.5 Å². The smallest absolute Gasteiger partial charge is 0.326 e. The van der Waals surface area contributed by atoms with E-state index in [0.29, 0.717) is 17.4 Å². The average Bonchev–Trinajstić information content (AvgIpc) is 2.68. The highest BCUT2D eigenvalue weighted by molar-refractivity contribution is 9.10. The number of urea groups is 1. The number of halogens is 2. The highest BCUT2D eigenvalue weighted by Gasteiger charge is 2.31. The maximum Gasteiger partial charge on any atom is 0.326 e. The van der Waals surface area contributed by atoms with Crippen LogP contribution in [0.4, 0.5) is 14.9 Å². The van der Waals surface area contributed by atoms with Crippen LogP contribution in [0.5, 0.6) is 0 Å². The van der Waals surface area contributed by atoms with Crippen LogP contribution in [0.3, 0.4) is 0 Å². The van der Waals surface area contributed by atoms with Gasteiger partial charge < -0.3 is 15.3 Å². The number of amides is 2. The van der Waals surface area contributed by atoms with E-state index in [1.54, 1.807) is 0 Å². The van der Waals surface area contributed by atoms with Gasteiger partial charge in [0.15, 0.2) is 0 Å². The molecule has 1 saturated heterocycles. The van der Waals surface area contributed by atoms with Crippen molar-refractivity contribution < 1.29 is 19.1 Å². The molecule has 1 heterocycles. The van der Waals surface area contributed by atoms with Gasteiger partial charge in [-0.1, -0.05) is 28.8 Å². The molecule has 21 heavy (non-hydrogen) atoms. The third-order valence-corrected chi connectivity index (χ3v) is 3.96. The maximum absolute atomic E-state index is 13.7. The Morgan fingerprint density at radius 3 is 2.81 bits per heavy atom. The zero-order chi connectivity index (χ0) is 15.4. The fourth-order valence-electron chi connectivity index (χ4n) is 2.39. The van der Waals surface area contributed by atoms with E-state index < -0.39 is 23.9 Å². The number of carboxylic acid groups (broad SMARTS) is 1. The summed E-state index contributed by atoms with van der Waals surface area (Å²) in [4.78, 5) is 24.8. The van der Waals surface area contributed by atoms with Gasteiger partial charge in [0.2, 0.25) is 0 Å². The quantitative estimate of drug-likeness (QED) is 0.850. The Labute approximate surface area is 130 Å². The summed E-state index contributed by atoms with van der Waals surface area (Å²) in [6, 6.07) is 2.76. The Morgan fingerprint density at radius 1 is 1.33 bits per heavy atom. The minimum Gasteiger partial charge on any atom is -0.480 e. The van der Waals surface area contributed by atoms with Crippen molar-refractivity contribution in [1.29, 1.82) is 0 Å². The Kier molecular flexibility index (Phi) is 5.17. The summed E-state index contributed by atoms with van der Waals surface area (Å²) in [5.41, 5.74) is 0.0303. The zero-order valence-electron chi connectivity index (χ0n) is 11.3. The molecular weight excluding hydrogens is 343 g/mol. The van der Waals surface area contributed by atoms with Gasteiger partial charge in [-0.05, 0) is 31.0 Å². The molecule has 0 radical (unpaired) electrons. The molecule has 2 N–H and O–H groups in total. The number of nitrogens with one attached hydrogen (secondary N) is 1. The SMILES string of the molecule is O=C(O)C1CCCCCN1C(=O)Nc1cc(Br)ccc1F. The molecule has 0 spiro atoms. The average molecular weight is 359 g/mol. The van der Waals surface area contributed by atoms with E-state index in [0.717, 1.165) is 19.3 Å². The van der Waals surface area contributed by atoms with Crippen LogP contribution < -0.4 is 5.32 Å². The number of hydrogen-bond donors (Lipinski definition) is 2. The van der Waals surface area contributed by atoms with E-state index in [4.69, 9.17) is 0 Å². The van der Waals surface area contributed by atoms with E-state index in [9.17, 15) is 19.1 Å². The highest BCUT2D eigenvalue weighted by atomic mass is 79.9. The molecule has 0 aliphatic carbocycles. The van der Waals surface area contributed by atoms with Gasteiger partial charge in [0.1, 0.15) is 11.9 Å². The molecule has 1 aromatic carbocycles. The van der Waals surface area contributed by atoms with Crippen molar-refractivity contribution in [3.8, 4) is 0 Å². The molecule has 0 saturated carbocycles. The Bertz CT molecular complexity index is 553. The van der Waals surface area contributed by atoms with Crippen LogP contribution in [0, 0.1) is 5.82 Å². The van der Waals surface area contributed by atoms with E-state index in [1.807, 2.05) is 0 Å². The summed E-state index contributed by atoms with van der Waals surface area (Å²) in [7, 11) is 0. The summed E-state index contributed by atoms with van der Waals surface area (Å²) in [6.07, 6.45) is 2.83. The van der Waals surface area contributed by atoms with Crippen molar-refractivity contribution in [2.75, 3.05) is 11.9 Å². The third kappa shape index (κ3) is 3.93. The topological polar surface area (TPSA) is 69.6 Å². The van der Waals surface area contributed by atoms with Crippen LogP contribution >= 0.6 is 15.9 Å². The second-order valence-electron chi connectivity index (χ2n) is 4.95. The Balaban J connectivity index is 2.16. The maximum atomic E-state index is 13.7. The van der Waals surface area contributed by atoms with Gasteiger partial charge in [0.25, 0.3) is 0 Å². The molecular formula is C14H16BrFN2O3. The van der Waals surface area contributed by atoms with Gasteiger partial charge in [0.05, 0.1) is 5.69 Å². The van der Waals surface area contributed by atoms with Gasteiger partial charge >= 0.3 is 12.0 Å². The third-order valence-electron chi connectivity index (χ3n) is 3.47. The van der Waals surface area contributed by atoms with Crippen molar-refractivity contribution >= 4 is 33.6 Å². The van der Waals surface area contributed by atoms with Crippen LogP contribution in [0.15, 0.2) is 22.7 Å². The Hall–Kier alpha value is -1.63. The molecule has 0 bridgehead atoms. The highest BCUT2D eigenvalue weighted by Crippen LogP contribution is 2.22. The number of aliphatic carboxylic acids is 1. The van der Waals surface area contributed by atoms with Crippen LogP contribution in [0.25, 0.3) is 0 Å². The number of anilines is 1. The van der Waals surface area contributed by atoms with Gasteiger partial charge in [-0.3, -0.25) is 0 Å². The molecule has 1 aliphatic rings. The molecule has 114 valence electrons. The van der Waals surface area contributed by atoms with Crippen molar-refractivity contribution in [2.24, 2.45) is 0 Å². The van der Waals surface area contributed by atoms with E-state index in [2.05, 4.69) is 21.2 Å². The molecule has 1 aromatic rings. The lowest BCUT2D eigenvalue weighted by molar-refractivity contribution is -0.142. The number of likely N-dealkylation sites (tertiary alicyclic amines) is 1. The van der Waals surface area contributed by atoms with E-state index in [1.165, 1.54) is 23.1 Å². The minimum atomic E-state index is -1.03. The van der Waals surface area contributed by atoms with E-state index in [-0.39, 0.29) is 5.69 Å². The first-order valence-electron chi connectivity index (χ1n) is 6.74. The summed E-state index contributed by atoms with van der Waals surface area (Å²) in [6.45, 7) is 0.360. The molecule has 1 fully saturated rings. The molecule has 2 rings (SSSR count). The van der Waals surface area contributed by atoms with Crippen LogP contribution in [-0.4, -0.2) is 34.6 Å². The summed E-state index contributed by atoms with van der Waals surface area (Å²) < 4.78 is 14.3. The normalized spacial score (nSPS) is 19.0. The minimum absolute atomic E-state index is 0.0303. The van der Waals surface area contributed by atoms with Crippen molar-refractivity contribution in [2.45, 2.75) is 31.7 Å². The van der Waals surface area contributed by atoms with E-state index >= 15 is 0 Å². The summed E-state index contributed by atoms with van der Waals surface area (Å²) in [5, 5.41) is 11.7. The molecule has 0 aromatic heterocycles. The van der Waals surface area contributed by atoms with Gasteiger partial charge in [0, 0.05) is 11.0 Å². The van der Waals surface area contributed by atoms with Crippen molar-refractivity contribution in [1.82, 2.24) is 4.90 Å². The lowest BCUT2D eigenvalue weighted by atomic mass is 10.1. The summed E-state index contributed by atoms with van der Waals surface area (Å²) >= 11 is 3.20. The molecule has 1 atom stereocenters. The predicted molar refractivity (Wildman–Crippen MR) is 79.7 cm³/mol. The first-order valence-corrected chi connectivity index (χ1v) is 7.54. The number of carbonyl (C=O) groups excluding carboxylic acids is 1. The van der Waals surface area contributed by atoms with Gasteiger partial charge in [-0.2, -0.15) is 0 Å². The van der Waals surface area contributed by atoms with Gasteiger partial charge in [-0.15, -0.1) is 0 Å². The number of hydrogen-bond acceptors (Lipinski definition) is 2. The lowest BCUT2D eigenvalue weighted by Crippen LogP contribution is -2.46. The Morgan fingerprint density at radius 2 is 2.10 bits per heavy atom. The largest absolute Gasteiger partial charge is 0.480 e. The van der Waals surface area contributed by atoms with Crippen LogP contribution in [0.2, 0.25) is 0 Å². The number of nitrogens with zero attached hydrogens (tertiary/aromatic N) is 1. The standard InChI is InChI=1S/C14H16BrFN2O3/c15-9-5-6-10(16)11(8-9)17-14(21)18-7-3-1-2-4-12(18)13(19)20/h5-6,8,12H,1-4,7H2,(H,17,21)(H,19,20). The first-order chi connectivity index (χ1) is 9.99.